The number of para-hydroxylation sites is 1. The molecular formula is C13H13NO2. The molecule has 0 spiro atoms. The van der Waals surface area contributed by atoms with Crippen LogP contribution in [-0.2, 0) is 9.59 Å². The number of carbonyl (C=O) groups is 2. The van der Waals surface area contributed by atoms with E-state index in [0.29, 0.717) is 6.41 Å². The van der Waals surface area contributed by atoms with Gasteiger partial charge in [-0.05, 0) is 19.1 Å². The van der Waals surface area contributed by atoms with Gasteiger partial charge in [0.2, 0.25) is 6.41 Å². The van der Waals surface area contributed by atoms with Gasteiger partial charge in [-0.1, -0.05) is 24.3 Å². The molecule has 0 bridgehead atoms. The first-order valence-electron chi connectivity index (χ1n) is 5.11. The van der Waals surface area contributed by atoms with Gasteiger partial charge in [-0.15, -0.1) is 6.58 Å². The van der Waals surface area contributed by atoms with E-state index in [1.165, 1.54) is 4.90 Å². The second-order valence-electron chi connectivity index (χ2n) is 4.10. The lowest BCUT2D eigenvalue weighted by Crippen LogP contribution is -2.27. The van der Waals surface area contributed by atoms with Crippen LogP contribution in [0.5, 0.6) is 0 Å². The van der Waals surface area contributed by atoms with E-state index in [2.05, 4.69) is 6.58 Å². The molecule has 82 valence electrons. The van der Waals surface area contributed by atoms with Crippen LogP contribution in [0.4, 0.5) is 5.69 Å². The smallest absolute Gasteiger partial charge is 0.214 e. The van der Waals surface area contributed by atoms with Gasteiger partial charge in [0.05, 0.1) is 5.41 Å². The largest absolute Gasteiger partial charge is 0.303 e. The number of anilines is 1. The molecule has 1 aromatic rings. The number of benzene rings is 1. The Morgan fingerprint density at radius 1 is 1.38 bits per heavy atom. The highest BCUT2D eigenvalue weighted by Gasteiger charge is 2.62. The predicted octanol–water partition coefficient (Wildman–Crippen LogP) is 1.79. The Kier molecular flexibility index (Phi) is 2.38. The Bertz CT molecular complexity index is 441. The van der Waals surface area contributed by atoms with Crippen molar-refractivity contribution >= 4 is 17.9 Å². The molecule has 1 aliphatic rings. The average Bonchev–Trinajstić information content (AvgIpc) is 2.86. The van der Waals surface area contributed by atoms with E-state index in [1.807, 2.05) is 30.3 Å². The van der Waals surface area contributed by atoms with Gasteiger partial charge in [-0.3, -0.25) is 9.59 Å². The first kappa shape index (κ1) is 10.6. The van der Waals surface area contributed by atoms with E-state index in [0.717, 1.165) is 5.69 Å². The van der Waals surface area contributed by atoms with E-state index < -0.39 is 11.5 Å². The van der Waals surface area contributed by atoms with Crippen LogP contribution in [0.1, 0.15) is 6.92 Å². The summed E-state index contributed by atoms with van der Waals surface area (Å²) in [5, 5.41) is 0. The molecule has 1 fully saturated rings. The van der Waals surface area contributed by atoms with Gasteiger partial charge in [0, 0.05) is 5.69 Å². The zero-order chi connectivity index (χ0) is 11.8. The zero-order valence-corrected chi connectivity index (χ0v) is 9.09. The molecule has 3 nitrogen and oxygen atoms in total. The lowest BCUT2D eigenvalue weighted by Gasteiger charge is -2.17. The molecule has 0 N–H and O–H groups in total. The fourth-order valence-electron chi connectivity index (χ4n) is 1.90. The number of amides is 1. The molecule has 2 unspecified atom stereocenters. The molecule has 16 heavy (non-hydrogen) atoms. The fourth-order valence-corrected chi connectivity index (χ4v) is 1.90. The van der Waals surface area contributed by atoms with Gasteiger partial charge in [-0.2, -0.15) is 0 Å². The second-order valence-corrected chi connectivity index (χ2v) is 4.10. The highest BCUT2D eigenvalue weighted by atomic mass is 16.2. The normalized spacial score (nSPS) is 27.3. The minimum absolute atomic E-state index is 0.0402. The predicted molar refractivity (Wildman–Crippen MR) is 62.1 cm³/mol. The quantitative estimate of drug-likeness (QED) is 0.567. The van der Waals surface area contributed by atoms with E-state index in [-0.39, 0.29) is 5.78 Å². The summed E-state index contributed by atoms with van der Waals surface area (Å²) in [6.07, 6.45) is 2.31. The summed E-state index contributed by atoms with van der Waals surface area (Å²) >= 11 is 0. The molecule has 0 radical (unpaired) electrons. The number of rotatable bonds is 4. The van der Waals surface area contributed by atoms with Gasteiger partial charge < -0.3 is 4.90 Å². The SMILES string of the molecule is C=CC1(C)C(=O)C1N(C=O)c1ccccc1. The van der Waals surface area contributed by atoms with E-state index in [9.17, 15) is 9.59 Å². The third kappa shape index (κ3) is 1.36. The summed E-state index contributed by atoms with van der Waals surface area (Å²) in [7, 11) is 0. The van der Waals surface area contributed by atoms with Crippen LogP contribution in [0.3, 0.4) is 0 Å². The van der Waals surface area contributed by atoms with Crippen molar-refractivity contribution in [2.45, 2.75) is 13.0 Å². The molecule has 1 amide bonds. The maximum atomic E-state index is 11.7. The summed E-state index contributed by atoms with van der Waals surface area (Å²) in [5.41, 5.74) is 0.151. The van der Waals surface area contributed by atoms with Crippen molar-refractivity contribution in [1.82, 2.24) is 0 Å². The van der Waals surface area contributed by atoms with Crippen molar-refractivity contribution in [2.24, 2.45) is 5.41 Å². The van der Waals surface area contributed by atoms with Gasteiger partial charge >= 0.3 is 0 Å². The molecule has 1 saturated carbocycles. The zero-order valence-electron chi connectivity index (χ0n) is 9.09. The highest BCUT2D eigenvalue weighted by Crippen LogP contribution is 2.46. The minimum atomic E-state index is -0.587. The number of nitrogens with zero attached hydrogens (tertiary/aromatic N) is 1. The fraction of sp³-hybridized carbons (Fsp3) is 0.231. The van der Waals surface area contributed by atoms with Crippen molar-refractivity contribution < 1.29 is 9.59 Å². The molecule has 0 heterocycles. The van der Waals surface area contributed by atoms with Crippen LogP contribution < -0.4 is 4.90 Å². The maximum absolute atomic E-state index is 11.7. The summed E-state index contributed by atoms with van der Waals surface area (Å²) in [6, 6.07) is 8.76. The second kappa shape index (κ2) is 3.59. The Morgan fingerprint density at radius 3 is 2.44 bits per heavy atom. The summed E-state index contributed by atoms with van der Waals surface area (Å²) < 4.78 is 0. The number of carbonyl (C=O) groups excluding carboxylic acids is 2. The summed E-state index contributed by atoms with van der Waals surface area (Å²) in [4.78, 5) is 24.2. The molecule has 0 aliphatic heterocycles. The number of Topliss-reactive ketones (excluding diaryl/α,β-unsaturated/α-hetero) is 1. The van der Waals surface area contributed by atoms with Crippen LogP contribution in [0, 0.1) is 5.41 Å². The topological polar surface area (TPSA) is 37.4 Å². The van der Waals surface area contributed by atoms with Crippen LogP contribution in [0.2, 0.25) is 0 Å². The monoisotopic (exact) mass is 215 g/mol. The highest BCUT2D eigenvalue weighted by molar-refractivity contribution is 6.14. The van der Waals surface area contributed by atoms with Crippen LogP contribution in [0.15, 0.2) is 43.0 Å². The number of ketones is 1. The summed E-state index contributed by atoms with van der Waals surface area (Å²) in [6.45, 7) is 5.44. The van der Waals surface area contributed by atoms with E-state index in [1.54, 1.807) is 13.0 Å². The molecule has 1 aliphatic carbocycles. The molecular weight excluding hydrogens is 202 g/mol. The Hall–Kier alpha value is -1.90. The first-order chi connectivity index (χ1) is 7.65. The van der Waals surface area contributed by atoms with Crippen molar-refractivity contribution in [1.29, 1.82) is 0 Å². The lowest BCUT2D eigenvalue weighted by atomic mass is 10.1. The van der Waals surface area contributed by atoms with E-state index >= 15 is 0 Å². The van der Waals surface area contributed by atoms with Gasteiger partial charge in [-0.25, -0.2) is 0 Å². The van der Waals surface area contributed by atoms with Crippen molar-refractivity contribution in [2.75, 3.05) is 4.90 Å². The Balaban J connectivity index is 2.30. The standard InChI is InChI=1S/C13H13NO2/c1-3-13(2)11(12(13)16)14(9-15)10-7-5-4-6-8-10/h3-9,11H,1H2,2H3. The lowest BCUT2D eigenvalue weighted by molar-refractivity contribution is -0.113. The van der Waals surface area contributed by atoms with Crippen LogP contribution in [0.25, 0.3) is 0 Å². The first-order valence-corrected chi connectivity index (χ1v) is 5.11. The minimum Gasteiger partial charge on any atom is -0.303 e. The van der Waals surface area contributed by atoms with Crippen LogP contribution >= 0.6 is 0 Å². The number of hydrogen-bond donors (Lipinski definition) is 0. The van der Waals surface area contributed by atoms with Crippen molar-refractivity contribution in [3.8, 4) is 0 Å². The molecule has 2 rings (SSSR count). The summed E-state index contributed by atoms with van der Waals surface area (Å²) in [5.74, 6) is 0.0402. The molecule has 3 heteroatoms. The van der Waals surface area contributed by atoms with Gasteiger partial charge in [0.25, 0.3) is 0 Å². The molecule has 2 atom stereocenters. The van der Waals surface area contributed by atoms with E-state index in [4.69, 9.17) is 0 Å². The Morgan fingerprint density at radius 2 is 2.00 bits per heavy atom. The van der Waals surface area contributed by atoms with Crippen molar-refractivity contribution in [3.63, 3.8) is 0 Å². The molecule has 0 aromatic heterocycles. The van der Waals surface area contributed by atoms with Crippen molar-refractivity contribution in [3.05, 3.63) is 43.0 Å². The Labute approximate surface area is 94.4 Å². The third-order valence-electron chi connectivity index (χ3n) is 3.13. The number of hydrogen-bond acceptors (Lipinski definition) is 2. The van der Waals surface area contributed by atoms with Gasteiger partial charge in [0.1, 0.15) is 6.04 Å². The maximum Gasteiger partial charge on any atom is 0.214 e. The van der Waals surface area contributed by atoms with Gasteiger partial charge in [0.15, 0.2) is 5.78 Å². The van der Waals surface area contributed by atoms with Crippen LogP contribution in [-0.4, -0.2) is 18.2 Å². The third-order valence-corrected chi connectivity index (χ3v) is 3.13. The molecule has 0 saturated heterocycles. The average molecular weight is 215 g/mol. The molecule has 1 aromatic carbocycles.